The molecule has 0 saturated heterocycles. The van der Waals surface area contributed by atoms with E-state index >= 15 is 0 Å². The first-order valence-corrected chi connectivity index (χ1v) is 5.89. The fourth-order valence-electron chi connectivity index (χ4n) is 1.70. The van der Waals surface area contributed by atoms with Crippen LogP contribution in [0.5, 0.6) is 0 Å². The van der Waals surface area contributed by atoms with Crippen molar-refractivity contribution >= 4 is 11.7 Å². The number of nitrogens with zero attached hydrogens (tertiary/aromatic N) is 3. The van der Waals surface area contributed by atoms with Crippen LogP contribution in [0, 0.1) is 6.92 Å². The van der Waals surface area contributed by atoms with Crippen molar-refractivity contribution in [2.24, 2.45) is 0 Å². The lowest BCUT2D eigenvalue weighted by molar-refractivity contribution is 0.101. The zero-order chi connectivity index (χ0) is 12.5. The third-order valence-electron chi connectivity index (χ3n) is 2.91. The maximum Gasteiger partial charge on any atom is 0.296 e. The molecule has 1 amide bonds. The number of rotatable bonds is 3. The Morgan fingerprint density at radius 3 is 3.06 bits per heavy atom. The van der Waals surface area contributed by atoms with E-state index in [2.05, 4.69) is 25.5 Å². The van der Waals surface area contributed by atoms with E-state index in [1.165, 1.54) is 0 Å². The Morgan fingerprint density at radius 1 is 1.50 bits per heavy atom. The van der Waals surface area contributed by atoms with E-state index in [1.807, 2.05) is 19.1 Å². The molecular weight excluding hydrogens is 230 g/mol. The van der Waals surface area contributed by atoms with E-state index in [9.17, 15) is 4.79 Å². The van der Waals surface area contributed by atoms with Gasteiger partial charge < -0.3 is 5.32 Å². The molecule has 2 heterocycles. The van der Waals surface area contributed by atoms with Gasteiger partial charge in [-0.3, -0.25) is 9.89 Å². The first-order valence-electron chi connectivity index (χ1n) is 5.89. The number of anilines is 1. The number of hydrogen-bond acceptors (Lipinski definition) is 4. The summed E-state index contributed by atoms with van der Waals surface area (Å²) >= 11 is 0. The smallest absolute Gasteiger partial charge is 0.296 e. The number of hydrogen-bond donors (Lipinski definition) is 2. The molecule has 2 aromatic rings. The molecule has 0 bridgehead atoms. The Bertz CT molecular complexity index is 588. The Hall–Kier alpha value is -2.24. The number of nitrogens with one attached hydrogen (secondary N) is 2. The highest BCUT2D eigenvalue weighted by Gasteiger charge is 2.28. The molecule has 6 heteroatoms. The molecule has 1 saturated carbocycles. The summed E-state index contributed by atoms with van der Waals surface area (Å²) in [7, 11) is 0. The van der Waals surface area contributed by atoms with Crippen LogP contribution < -0.4 is 5.32 Å². The second-order valence-electron chi connectivity index (χ2n) is 4.44. The maximum atomic E-state index is 11.9. The summed E-state index contributed by atoms with van der Waals surface area (Å²) in [6.07, 6.45) is 3.88. The molecule has 0 atom stereocenters. The van der Waals surface area contributed by atoms with Crippen LogP contribution in [0.3, 0.4) is 0 Å². The average molecular weight is 243 g/mol. The van der Waals surface area contributed by atoms with Crippen molar-refractivity contribution in [3.8, 4) is 0 Å². The van der Waals surface area contributed by atoms with Crippen LogP contribution in [-0.2, 0) is 0 Å². The van der Waals surface area contributed by atoms with Crippen molar-refractivity contribution < 1.29 is 4.79 Å². The highest BCUT2D eigenvalue weighted by molar-refractivity contribution is 6.01. The van der Waals surface area contributed by atoms with Crippen molar-refractivity contribution in [1.29, 1.82) is 0 Å². The van der Waals surface area contributed by atoms with Crippen molar-refractivity contribution in [3.63, 3.8) is 0 Å². The van der Waals surface area contributed by atoms with Crippen LogP contribution in [-0.4, -0.2) is 26.1 Å². The normalized spacial score (nSPS) is 14.5. The molecule has 0 aliphatic heterocycles. The van der Waals surface area contributed by atoms with E-state index in [0.717, 1.165) is 24.2 Å². The highest BCUT2D eigenvalue weighted by atomic mass is 16.2. The second kappa shape index (κ2) is 4.21. The summed E-state index contributed by atoms with van der Waals surface area (Å²) < 4.78 is 0. The lowest BCUT2D eigenvalue weighted by Crippen LogP contribution is -2.15. The van der Waals surface area contributed by atoms with Gasteiger partial charge in [0.15, 0.2) is 0 Å². The minimum absolute atomic E-state index is 0.168. The van der Waals surface area contributed by atoms with Gasteiger partial charge in [0.25, 0.3) is 5.91 Å². The molecule has 0 unspecified atom stereocenters. The van der Waals surface area contributed by atoms with E-state index in [4.69, 9.17) is 0 Å². The van der Waals surface area contributed by atoms with Crippen LogP contribution in [0.15, 0.2) is 18.3 Å². The maximum absolute atomic E-state index is 11.9. The fourth-order valence-corrected chi connectivity index (χ4v) is 1.70. The zero-order valence-electron chi connectivity index (χ0n) is 9.97. The van der Waals surface area contributed by atoms with Crippen molar-refractivity contribution in [2.75, 3.05) is 5.32 Å². The standard InChI is InChI=1S/C12H13N5O/c1-7-3-2-6-13-9(7)15-12(18)11-14-10(16-17-11)8-4-5-8/h2-3,6,8H,4-5H2,1H3,(H,13,15,18)(H,14,16,17). The van der Waals surface area contributed by atoms with Crippen LogP contribution in [0.4, 0.5) is 5.82 Å². The van der Waals surface area contributed by atoms with Crippen molar-refractivity contribution in [2.45, 2.75) is 25.7 Å². The van der Waals surface area contributed by atoms with Crippen LogP contribution >= 0.6 is 0 Å². The second-order valence-corrected chi connectivity index (χ2v) is 4.44. The molecule has 1 aliphatic rings. The monoisotopic (exact) mass is 243 g/mol. The molecule has 0 spiro atoms. The minimum Gasteiger partial charge on any atom is -0.304 e. The Balaban J connectivity index is 1.76. The van der Waals surface area contributed by atoms with E-state index in [1.54, 1.807) is 6.20 Å². The lowest BCUT2D eigenvalue weighted by Gasteiger charge is -2.03. The van der Waals surface area contributed by atoms with Crippen LogP contribution in [0.1, 0.15) is 40.8 Å². The number of aryl methyl sites for hydroxylation is 1. The quantitative estimate of drug-likeness (QED) is 0.858. The average Bonchev–Trinajstić information content (AvgIpc) is 3.10. The van der Waals surface area contributed by atoms with E-state index in [0.29, 0.717) is 11.7 Å². The Kier molecular flexibility index (Phi) is 2.55. The third-order valence-corrected chi connectivity index (χ3v) is 2.91. The van der Waals surface area contributed by atoms with Gasteiger partial charge in [0.2, 0.25) is 5.82 Å². The van der Waals surface area contributed by atoms with Gasteiger partial charge in [-0.25, -0.2) is 9.97 Å². The summed E-state index contributed by atoms with van der Waals surface area (Å²) in [4.78, 5) is 20.2. The fraction of sp³-hybridized carbons (Fsp3) is 0.333. The summed E-state index contributed by atoms with van der Waals surface area (Å²) in [6, 6.07) is 3.71. The van der Waals surface area contributed by atoms with Gasteiger partial charge >= 0.3 is 0 Å². The topological polar surface area (TPSA) is 83.6 Å². The lowest BCUT2D eigenvalue weighted by atomic mass is 10.3. The number of amides is 1. The van der Waals surface area contributed by atoms with E-state index < -0.39 is 0 Å². The summed E-state index contributed by atoms with van der Waals surface area (Å²) in [5, 5.41) is 9.44. The Morgan fingerprint density at radius 2 is 2.33 bits per heavy atom. The van der Waals surface area contributed by atoms with Gasteiger partial charge in [0.1, 0.15) is 11.6 Å². The van der Waals surface area contributed by atoms with Gasteiger partial charge in [0.05, 0.1) is 0 Å². The largest absolute Gasteiger partial charge is 0.304 e. The summed E-state index contributed by atoms with van der Waals surface area (Å²) in [6.45, 7) is 1.89. The highest BCUT2D eigenvalue weighted by Crippen LogP contribution is 2.37. The predicted octanol–water partition coefficient (Wildman–Crippen LogP) is 1.64. The van der Waals surface area contributed by atoms with Crippen LogP contribution in [0.25, 0.3) is 0 Å². The van der Waals surface area contributed by atoms with Crippen molar-refractivity contribution in [3.05, 3.63) is 35.5 Å². The molecule has 0 radical (unpaired) electrons. The molecule has 1 aliphatic carbocycles. The number of carbonyl (C=O) groups excluding carboxylic acids is 1. The first-order chi connectivity index (χ1) is 8.74. The molecule has 2 N–H and O–H groups in total. The van der Waals surface area contributed by atoms with Crippen LogP contribution in [0.2, 0.25) is 0 Å². The van der Waals surface area contributed by atoms with Gasteiger partial charge in [-0.1, -0.05) is 6.07 Å². The zero-order valence-corrected chi connectivity index (χ0v) is 9.97. The summed E-state index contributed by atoms with van der Waals surface area (Å²) in [5.74, 6) is 1.63. The number of aromatic amines is 1. The van der Waals surface area contributed by atoms with Crippen molar-refractivity contribution in [1.82, 2.24) is 20.2 Å². The predicted molar refractivity (Wildman–Crippen MR) is 65.3 cm³/mol. The Labute approximate surface area is 104 Å². The molecule has 6 nitrogen and oxygen atoms in total. The molecule has 0 aromatic carbocycles. The minimum atomic E-state index is -0.333. The number of pyridine rings is 1. The van der Waals surface area contributed by atoms with Gasteiger partial charge in [-0.05, 0) is 31.4 Å². The third kappa shape index (κ3) is 2.09. The SMILES string of the molecule is Cc1cccnc1NC(=O)c1n[nH]c(C2CC2)n1. The molecule has 18 heavy (non-hydrogen) atoms. The molecular formula is C12H13N5O. The number of aromatic nitrogens is 4. The van der Waals surface area contributed by atoms with Gasteiger partial charge in [-0.15, -0.1) is 5.10 Å². The number of carbonyl (C=O) groups is 1. The summed E-state index contributed by atoms with van der Waals surface area (Å²) in [5.41, 5.74) is 0.906. The van der Waals surface area contributed by atoms with Gasteiger partial charge in [-0.2, -0.15) is 0 Å². The molecule has 3 rings (SSSR count). The van der Waals surface area contributed by atoms with Gasteiger partial charge in [0, 0.05) is 12.1 Å². The molecule has 2 aromatic heterocycles. The first kappa shape index (κ1) is 10.9. The van der Waals surface area contributed by atoms with E-state index in [-0.39, 0.29) is 11.7 Å². The molecule has 1 fully saturated rings. The molecule has 92 valence electrons. The number of H-pyrrole nitrogens is 1.